The van der Waals surface area contributed by atoms with Gasteiger partial charge in [0.2, 0.25) is 0 Å². The number of nitrogens with one attached hydrogen (secondary N) is 1. The lowest BCUT2D eigenvalue weighted by Crippen LogP contribution is -2.17. The SMILES string of the molecule is C=CCNCc1nccn1Cc1ccc(OC)cc1. The average molecular weight is 257 g/mol. The minimum Gasteiger partial charge on any atom is -0.497 e. The summed E-state index contributed by atoms with van der Waals surface area (Å²) in [7, 11) is 1.67. The molecule has 0 unspecified atom stereocenters. The van der Waals surface area contributed by atoms with Gasteiger partial charge in [0.25, 0.3) is 0 Å². The van der Waals surface area contributed by atoms with E-state index in [0.29, 0.717) is 0 Å². The number of methoxy groups -OCH3 is 1. The summed E-state index contributed by atoms with van der Waals surface area (Å²) in [6.07, 6.45) is 5.67. The first-order valence-corrected chi connectivity index (χ1v) is 6.28. The normalized spacial score (nSPS) is 10.4. The van der Waals surface area contributed by atoms with Crippen LogP contribution in [-0.2, 0) is 13.1 Å². The van der Waals surface area contributed by atoms with Gasteiger partial charge in [-0.1, -0.05) is 18.2 Å². The van der Waals surface area contributed by atoms with E-state index >= 15 is 0 Å². The largest absolute Gasteiger partial charge is 0.497 e. The first-order chi connectivity index (χ1) is 9.33. The Morgan fingerprint density at radius 1 is 1.37 bits per heavy atom. The van der Waals surface area contributed by atoms with Crippen LogP contribution in [0, 0.1) is 0 Å². The lowest BCUT2D eigenvalue weighted by Gasteiger charge is -2.09. The molecule has 0 aliphatic carbocycles. The molecule has 1 aromatic carbocycles. The highest BCUT2D eigenvalue weighted by molar-refractivity contribution is 5.27. The van der Waals surface area contributed by atoms with Crippen LogP contribution in [0.3, 0.4) is 0 Å². The minimum atomic E-state index is 0.745. The second kappa shape index (κ2) is 6.75. The van der Waals surface area contributed by atoms with E-state index in [4.69, 9.17) is 4.74 Å². The fourth-order valence-electron chi connectivity index (χ4n) is 1.86. The lowest BCUT2D eigenvalue weighted by molar-refractivity contribution is 0.414. The molecule has 0 saturated carbocycles. The Labute approximate surface area is 113 Å². The molecule has 1 N–H and O–H groups in total. The maximum absolute atomic E-state index is 5.16. The highest BCUT2D eigenvalue weighted by Crippen LogP contribution is 2.13. The fraction of sp³-hybridized carbons (Fsp3) is 0.267. The van der Waals surface area contributed by atoms with Gasteiger partial charge in [-0.2, -0.15) is 0 Å². The van der Waals surface area contributed by atoms with E-state index in [9.17, 15) is 0 Å². The number of hydrogen-bond donors (Lipinski definition) is 1. The Hall–Kier alpha value is -2.07. The van der Waals surface area contributed by atoms with Gasteiger partial charge in [0.15, 0.2) is 0 Å². The third-order valence-electron chi connectivity index (χ3n) is 2.89. The molecule has 19 heavy (non-hydrogen) atoms. The van der Waals surface area contributed by atoms with Crippen LogP contribution < -0.4 is 10.1 Å². The van der Waals surface area contributed by atoms with E-state index in [1.807, 2.05) is 30.6 Å². The van der Waals surface area contributed by atoms with Crippen LogP contribution in [0.15, 0.2) is 49.3 Å². The smallest absolute Gasteiger partial charge is 0.122 e. The molecule has 0 spiro atoms. The van der Waals surface area contributed by atoms with Crippen LogP contribution in [-0.4, -0.2) is 23.2 Å². The summed E-state index contributed by atoms with van der Waals surface area (Å²) in [5.74, 6) is 1.90. The third-order valence-corrected chi connectivity index (χ3v) is 2.89. The molecule has 100 valence electrons. The summed E-state index contributed by atoms with van der Waals surface area (Å²) < 4.78 is 7.29. The predicted octanol–water partition coefficient (Wildman–Crippen LogP) is 2.22. The molecule has 1 aromatic heterocycles. The van der Waals surface area contributed by atoms with Crippen molar-refractivity contribution in [2.24, 2.45) is 0 Å². The summed E-state index contributed by atoms with van der Waals surface area (Å²) in [5, 5.41) is 3.26. The van der Waals surface area contributed by atoms with Gasteiger partial charge in [0, 0.05) is 25.5 Å². The first-order valence-electron chi connectivity index (χ1n) is 6.28. The standard InChI is InChI=1S/C15H19N3O/c1-3-8-16-11-15-17-9-10-18(15)12-13-4-6-14(19-2)7-5-13/h3-7,9-10,16H,1,8,11-12H2,2H3. The van der Waals surface area contributed by atoms with Gasteiger partial charge in [-0.15, -0.1) is 6.58 Å². The van der Waals surface area contributed by atoms with Gasteiger partial charge in [-0.25, -0.2) is 4.98 Å². The van der Waals surface area contributed by atoms with Crippen molar-refractivity contribution in [2.45, 2.75) is 13.1 Å². The highest BCUT2D eigenvalue weighted by atomic mass is 16.5. The quantitative estimate of drug-likeness (QED) is 0.610. The van der Waals surface area contributed by atoms with Crippen LogP contribution in [0.25, 0.3) is 0 Å². The van der Waals surface area contributed by atoms with Gasteiger partial charge in [-0.3, -0.25) is 0 Å². The number of nitrogens with zero attached hydrogens (tertiary/aromatic N) is 2. The summed E-state index contributed by atoms with van der Waals surface area (Å²) in [4.78, 5) is 4.36. The number of benzene rings is 1. The van der Waals surface area contributed by atoms with E-state index in [0.717, 1.165) is 31.2 Å². The summed E-state index contributed by atoms with van der Waals surface area (Å²) in [6, 6.07) is 8.09. The molecule has 0 aliphatic heterocycles. The molecule has 0 radical (unpaired) electrons. The van der Waals surface area contributed by atoms with E-state index in [2.05, 4.69) is 33.6 Å². The van der Waals surface area contributed by atoms with Crippen LogP contribution >= 0.6 is 0 Å². The van der Waals surface area contributed by atoms with E-state index in [-0.39, 0.29) is 0 Å². The Morgan fingerprint density at radius 3 is 2.84 bits per heavy atom. The molecule has 2 rings (SSSR count). The van der Waals surface area contributed by atoms with Crippen molar-refractivity contribution in [1.82, 2.24) is 14.9 Å². The number of imidazole rings is 1. The average Bonchev–Trinajstić information content (AvgIpc) is 2.87. The van der Waals surface area contributed by atoms with Gasteiger partial charge < -0.3 is 14.6 Å². The van der Waals surface area contributed by atoms with Gasteiger partial charge >= 0.3 is 0 Å². The summed E-state index contributed by atoms with van der Waals surface area (Å²) in [5.41, 5.74) is 1.23. The molecular formula is C15H19N3O. The van der Waals surface area contributed by atoms with E-state index in [1.165, 1.54) is 5.56 Å². The van der Waals surface area contributed by atoms with Crippen molar-refractivity contribution in [2.75, 3.05) is 13.7 Å². The van der Waals surface area contributed by atoms with Crippen molar-refractivity contribution < 1.29 is 4.74 Å². The van der Waals surface area contributed by atoms with Crippen molar-refractivity contribution in [3.63, 3.8) is 0 Å². The topological polar surface area (TPSA) is 39.1 Å². The molecule has 0 aliphatic rings. The Balaban J connectivity index is 2.01. The molecule has 4 heteroatoms. The summed E-state index contributed by atoms with van der Waals surface area (Å²) in [6.45, 7) is 6.03. The molecule has 0 fully saturated rings. The molecule has 2 aromatic rings. The highest BCUT2D eigenvalue weighted by Gasteiger charge is 2.03. The van der Waals surface area contributed by atoms with Crippen molar-refractivity contribution in [3.05, 3.63) is 60.7 Å². The van der Waals surface area contributed by atoms with Crippen LogP contribution in [0.4, 0.5) is 0 Å². The van der Waals surface area contributed by atoms with Crippen LogP contribution in [0.1, 0.15) is 11.4 Å². The van der Waals surface area contributed by atoms with Crippen molar-refractivity contribution in [1.29, 1.82) is 0 Å². The number of aromatic nitrogens is 2. The number of ether oxygens (including phenoxy) is 1. The molecule has 0 atom stereocenters. The number of rotatable bonds is 7. The van der Waals surface area contributed by atoms with Gasteiger partial charge in [-0.05, 0) is 17.7 Å². The third kappa shape index (κ3) is 3.69. The lowest BCUT2D eigenvalue weighted by atomic mass is 10.2. The van der Waals surface area contributed by atoms with E-state index in [1.54, 1.807) is 7.11 Å². The molecular weight excluding hydrogens is 238 g/mol. The monoisotopic (exact) mass is 257 g/mol. The molecule has 1 heterocycles. The minimum absolute atomic E-state index is 0.745. The summed E-state index contributed by atoms with van der Waals surface area (Å²) >= 11 is 0. The zero-order valence-corrected chi connectivity index (χ0v) is 11.2. The zero-order valence-electron chi connectivity index (χ0n) is 11.2. The Bertz CT molecular complexity index is 516. The maximum atomic E-state index is 5.16. The van der Waals surface area contributed by atoms with E-state index < -0.39 is 0 Å². The molecule has 0 bridgehead atoms. The number of hydrogen-bond acceptors (Lipinski definition) is 3. The van der Waals surface area contributed by atoms with Gasteiger partial charge in [0.1, 0.15) is 11.6 Å². The van der Waals surface area contributed by atoms with Crippen LogP contribution in [0.5, 0.6) is 5.75 Å². The molecule has 0 saturated heterocycles. The van der Waals surface area contributed by atoms with Crippen molar-refractivity contribution >= 4 is 0 Å². The second-order valence-corrected chi connectivity index (χ2v) is 4.24. The zero-order chi connectivity index (χ0) is 13.5. The Kier molecular flexibility index (Phi) is 4.75. The van der Waals surface area contributed by atoms with Crippen LogP contribution in [0.2, 0.25) is 0 Å². The predicted molar refractivity (Wildman–Crippen MR) is 76.2 cm³/mol. The molecule has 0 amide bonds. The maximum Gasteiger partial charge on any atom is 0.122 e. The Morgan fingerprint density at radius 2 is 2.16 bits per heavy atom. The fourth-order valence-corrected chi connectivity index (χ4v) is 1.86. The first kappa shape index (κ1) is 13.4. The molecule has 4 nitrogen and oxygen atoms in total. The second-order valence-electron chi connectivity index (χ2n) is 4.24. The van der Waals surface area contributed by atoms with Crippen molar-refractivity contribution in [3.8, 4) is 5.75 Å². The van der Waals surface area contributed by atoms with Gasteiger partial charge in [0.05, 0.1) is 13.7 Å².